The van der Waals surface area contributed by atoms with Crippen molar-refractivity contribution < 1.29 is 9.90 Å². The molecule has 0 amide bonds. The molecule has 3 aliphatic rings. The molecule has 0 bridgehead atoms. The molecule has 0 radical (unpaired) electrons. The third-order valence-electron chi connectivity index (χ3n) is 5.92. The van der Waals surface area contributed by atoms with Crippen LogP contribution in [-0.4, -0.2) is 47.7 Å². The Morgan fingerprint density at radius 1 is 0.947 bits per heavy atom. The first kappa shape index (κ1) is 13.4. The fourth-order valence-electron chi connectivity index (χ4n) is 4.58. The van der Waals surface area contributed by atoms with Crippen LogP contribution in [0.4, 0.5) is 0 Å². The molecule has 1 spiro atoms. The SMILES string of the molecule is O=C(O)C1(N2CCNCC2)CCC2(CCCC2)CC1. The van der Waals surface area contributed by atoms with Gasteiger partial charge in [-0.25, -0.2) is 0 Å². The highest BCUT2D eigenvalue weighted by Crippen LogP contribution is 2.52. The number of carboxylic acids is 1. The zero-order valence-electron chi connectivity index (χ0n) is 11.8. The average Bonchev–Trinajstić information content (AvgIpc) is 2.89. The van der Waals surface area contributed by atoms with Crippen molar-refractivity contribution in [1.82, 2.24) is 10.2 Å². The van der Waals surface area contributed by atoms with Crippen LogP contribution in [0.3, 0.4) is 0 Å². The van der Waals surface area contributed by atoms with Crippen molar-refractivity contribution in [2.45, 2.75) is 56.9 Å². The van der Waals surface area contributed by atoms with E-state index in [-0.39, 0.29) is 0 Å². The molecule has 0 aromatic heterocycles. The molecule has 0 unspecified atom stereocenters. The Labute approximate surface area is 115 Å². The summed E-state index contributed by atoms with van der Waals surface area (Å²) in [4.78, 5) is 14.2. The minimum Gasteiger partial charge on any atom is -0.480 e. The number of carboxylic acid groups (broad SMARTS) is 1. The Hall–Kier alpha value is -0.610. The molecule has 1 heterocycles. The summed E-state index contributed by atoms with van der Waals surface area (Å²) in [5, 5.41) is 13.1. The van der Waals surface area contributed by atoms with Gasteiger partial charge in [0.05, 0.1) is 0 Å². The van der Waals surface area contributed by atoms with E-state index in [0.717, 1.165) is 51.9 Å². The van der Waals surface area contributed by atoms with Gasteiger partial charge in [-0.3, -0.25) is 9.69 Å². The summed E-state index contributed by atoms with van der Waals surface area (Å²) in [6.45, 7) is 3.64. The quantitative estimate of drug-likeness (QED) is 0.801. The molecule has 108 valence electrons. The van der Waals surface area contributed by atoms with Gasteiger partial charge in [0.2, 0.25) is 0 Å². The van der Waals surface area contributed by atoms with Crippen LogP contribution in [0.2, 0.25) is 0 Å². The number of nitrogens with one attached hydrogen (secondary N) is 1. The van der Waals surface area contributed by atoms with Gasteiger partial charge in [0.25, 0.3) is 0 Å². The van der Waals surface area contributed by atoms with E-state index >= 15 is 0 Å². The van der Waals surface area contributed by atoms with Gasteiger partial charge in [-0.15, -0.1) is 0 Å². The highest BCUT2D eigenvalue weighted by molar-refractivity contribution is 5.79. The summed E-state index contributed by atoms with van der Waals surface area (Å²) < 4.78 is 0. The van der Waals surface area contributed by atoms with Gasteiger partial charge in [-0.1, -0.05) is 12.8 Å². The van der Waals surface area contributed by atoms with Crippen molar-refractivity contribution in [2.75, 3.05) is 26.2 Å². The highest BCUT2D eigenvalue weighted by Gasteiger charge is 2.51. The predicted octanol–water partition coefficient (Wildman–Crippen LogP) is 1.85. The second-order valence-corrected chi connectivity index (χ2v) is 6.78. The average molecular weight is 266 g/mol. The molecule has 0 aromatic rings. The molecule has 19 heavy (non-hydrogen) atoms. The van der Waals surface area contributed by atoms with Gasteiger partial charge in [0.1, 0.15) is 5.54 Å². The molecule has 4 nitrogen and oxygen atoms in total. The maximum atomic E-state index is 11.9. The maximum absolute atomic E-state index is 11.9. The number of hydrogen-bond donors (Lipinski definition) is 2. The Morgan fingerprint density at radius 2 is 1.53 bits per heavy atom. The second-order valence-electron chi connectivity index (χ2n) is 6.78. The van der Waals surface area contributed by atoms with Gasteiger partial charge in [-0.05, 0) is 43.9 Å². The smallest absolute Gasteiger partial charge is 0.324 e. The van der Waals surface area contributed by atoms with Crippen LogP contribution >= 0.6 is 0 Å². The molecule has 1 aliphatic heterocycles. The molecule has 4 heteroatoms. The first-order valence-electron chi connectivity index (χ1n) is 7.86. The van der Waals surface area contributed by atoms with Crippen molar-refractivity contribution in [2.24, 2.45) is 5.41 Å². The normalized spacial score (nSPS) is 30.5. The fourth-order valence-corrected chi connectivity index (χ4v) is 4.58. The van der Waals surface area contributed by atoms with E-state index in [9.17, 15) is 9.90 Å². The van der Waals surface area contributed by atoms with Crippen LogP contribution in [-0.2, 0) is 4.79 Å². The van der Waals surface area contributed by atoms with Crippen LogP contribution < -0.4 is 5.32 Å². The van der Waals surface area contributed by atoms with E-state index in [1.165, 1.54) is 25.7 Å². The highest BCUT2D eigenvalue weighted by atomic mass is 16.4. The van der Waals surface area contributed by atoms with Gasteiger partial charge >= 0.3 is 5.97 Å². The standard InChI is InChI=1S/C15H26N2O2/c18-13(19)15(17-11-9-16-10-12-17)7-5-14(6-8-15)3-1-2-4-14/h16H,1-12H2,(H,18,19). The first-order chi connectivity index (χ1) is 9.17. The van der Waals surface area contributed by atoms with Crippen molar-refractivity contribution in [1.29, 1.82) is 0 Å². The maximum Gasteiger partial charge on any atom is 0.324 e. The van der Waals surface area contributed by atoms with E-state index in [1.54, 1.807) is 0 Å². The summed E-state index contributed by atoms with van der Waals surface area (Å²) in [5.74, 6) is -0.581. The Balaban J connectivity index is 1.74. The van der Waals surface area contributed by atoms with Crippen molar-refractivity contribution >= 4 is 5.97 Å². The summed E-state index contributed by atoms with van der Waals surface area (Å²) >= 11 is 0. The molecular formula is C15H26N2O2. The zero-order chi connectivity index (χ0) is 13.3. The molecular weight excluding hydrogens is 240 g/mol. The van der Waals surface area contributed by atoms with Gasteiger partial charge in [-0.2, -0.15) is 0 Å². The van der Waals surface area contributed by atoms with Gasteiger partial charge in [0.15, 0.2) is 0 Å². The monoisotopic (exact) mass is 266 g/mol. The second kappa shape index (κ2) is 5.06. The van der Waals surface area contributed by atoms with Crippen LogP contribution in [0.25, 0.3) is 0 Å². The first-order valence-corrected chi connectivity index (χ1v) is 7.86. The summed E-state index contributed by atoms with van der Waals surface area (Å²) in [7, 11) is 0. The number of carbonyl (C=O) groups is 1. The molecule has 0 aromatic carbocycles. The Morgan fingerprint density at radius 3 is 2.05 bits per heavy atom. The van der Waals surface area contributed by atoms with E-state index in [2.05, 4.69) is 10.2 Å². The number of nitrogens with zero attached hydrogens (tertiary/aromatic N) is 1. The van der Waals surface area contributed by atoms with E-state index in [1.807, 2.05) is 0 Å². The number of rotatable bonds is 2. The third kappa shape index (κ3) is 2.29. The van der Waals surface area contributed by atoms with Crippen LogP contribution in [0.5, 0.6) is 0 Å². The number of piperazine rings is 1. The largest absolute Gasteiger partial charge is 0.480 e. The molecule has 2 saturated carbocycles. The molecule has 0 atom stereocenters. The van der Waals surface area contributed by atoms with Crippen molar-refractivity contribution in [3.8, 4) is 0 Å². The van der Waals surface area contributed by atoms with Crippen LogP contribution in [0.1, 0.15) is 51.4 Å². The lowest BCUT2D eigenvalue weighted by molar-refractivity contribution is -0.157. The molecule has 1 saturated heterocycles. The lowest BCUT2D eigenvalue weighted by Crippen LogP contribution is -2.62. The number of hydrogen-bond acceptors (Lipinski definition) is 3. The topological polar surface area (TPSA) is 52.6 Å². The summed E-state index contributed by atoms with van der Waals surface area (Å²) in [6, 6.07) is 0. The third-order valence-corrected chi connectivity index (χ3v) is 5.92. The van der Waals surface area contributed by atoms with E-state index < -0.39 is 11.5 Å². The zero-order valence-corrected chi connectivity index (χ0v) is 11.8. The van der Waals surface area contributed by atoms with Crippen LogP contribution in [0.15, 0.2) is 0 Å². The molecule has 3 fully saturated rings. The summed E-state index contributed by atoms with van der Waals surface area (Å²) in [5.41, 5.74) is -0.0527. The Bertz CT molecular complexity index is 334. The van der Waals surface area contributed by atoms with Crippen molar-refractivity contribution in [3.05, 3.63) is 0 Å². The minimum atomic E-state index is -0.581. The number of aliphatic carboxylic acids is 1. The molecule has 2 N–H and O–H groups in total. The van der Waals surface area contributed by atoms with Crippen LogP contribution in [0, 0.1) is 5.41 Å². The van der Waals surface area contributed by atoms with Gasteiger partial charge < -0.3 is 10.4 Å². The lowest BCUT2D eigenvalue weighted by atomic mass is 9.65. The Kier molecular flexibility index (Phi) is 3.56. The lowest BCUT2D eigenvalue weighted by Gasteiger charge is -2.49. The van der Waals surface area contributed by atoms with Crippen molar-refractivity contribution in [3.63, 3.8) is 0 Å². The van der Waals surface area contributed by atoms with E-state index in [4.69, 9.17) is 0 Å². The van der Waals surface area contributed by atoms with E-state index in [0.29, 0.717) is 5.41 Å². The van der Waals surface area contributed by atoms with Gasteiger partial charge in [0, 0.05) is 26.2 Å². The fraction of sp³-hybridized carbons (Fsp3) is 0.933. The molecule has 3 rings (SSSR count). The summed E-state index contributed by atoms with van der Waals surface area (Å²) in [6.07, 6.45) is 9.37. The predicted molar refractivity (Wildman–Crippen MR) is 74.2 cm³/mol. The molecule has 2 aliphatic carbocycles. The minimum absolute atomic E-state index is 0.507.